The lowest BCUT2D eigenvalue weighted by Crippen LogP contribution is -2.32. The molecule has 0 fully saturated rings. The number of carbonyl (C=O) groups excluding carboxylic acids is 1. The second-order valence-corrected chi connectivity index (χ2v) is 8.12. The Morgan fingerprint density at radius 1 is 1.15 bits per heavy atom. The van der Waals surface area contributed by atoms with Crippen LogP contribution in [-0.2, 0) is 9.53 Å². The first-order chi connectivity index (χ1) is 12.8. The zero-order valence-corrected chi connectivity index (χ0v) is 18.0. The minimum Gasteiger partial charge on any atom is -0.461 e. The zero-order chi connectivity index (χ0) is 20.3. The van der Waals surface area contributed by atoms with E-state index in [2.05, 4.69) is 18.8 Å². The SMILES string of the molecule is CCCCCCCC(O)(CCC)CCC(C(=O)OC(C)C)n1cncc1C. The molecule has 0 radical (unpaired) electrons. The van der Waals surface area contributed by atoms with Crippen LogP contribution in [0.4, 0.5) is 0 Å². The molecule has 0 amide bonds. The quantitative estimate of drug-likeness (QED) is 0.349. The highest BCUT2D eigenvalue weighted by Crippen LogP contribution is 2.30. The minimum absolute atomic E-state index is 0.156. The first-order valence-electron chi connectivity index (χ1n) is 10.7. The Morgan fingerprint density at radius 2 is 1.85 bits per heavy atom. The van der Waals surface area contributed by atoms with Crippen LogP contribution in [0.2, 0.25) is 0 Å². The number of nitrogens with zero attached hydrogens (tertiary/aromatic N) is 2. The lowest BCUT2D eigenvalue weighted by Gasteiger charge is -2.30. The maximum atomic E-state index is 12.7. The average molecular weight is 381 g/mol. The molecular formula is C22H40N2O3. The van der Waals surface area contributed by atoms with Crippen molar-refractivity contribution in [3.8, 4) is 0 Å². The third kappa shape index (κ3) is 8.46. The van der Waals surface area contributed by atoms with Crippen molar-refractivity contribution in [2.45, 2.75) is 117 Å². The molecule has 156 valence electrons. The Balaban J connectivity index is 2.76. The van der Waals surface area contributed by atoms with Crippen molar-refractivity contribution in [2.75, 3.05) is 0 Å². The second kappa shape index (κ2) is 12.2. The summed E-state index contributed by atoms with van der Waals surface area (Å²) in [6, 6.07) is -0.432. The van der Waals surface area contributed by atoms with Gasteiger partial charge in [0.1, 0.15) is 6.04 Å². The van der Waals surface area contributed by atoms with Crippen molar-refractivity contribution in [3.05, 3.63) is 18.2 Å². The van der Waals surface area contributed by atoms with Crippen LogP contribution in [-0.4, -0.2) is 32.3 Å². The summed E-state index contributed by atoms with van der Waals surface area (Å²) >= 11 is 0. The Bertz CT molecular complexity index is 541. The monoisotopic (exact) mass is 380 g/mol. The van der Waals surface area contributed by atoms with Crippen molar-refractivity contribution >= 4 is 5.97 Å². The van der Waals surface area contributed by atoms with Crippen molar-refractivity contribution in [1.29, 1.82) is 0 Å². The highest BCUT2D eigenvalue weighted by molar-refractivity contribution is 5.74. The predicted molar refractivity (Wildman–Crippen MR) is 110 cm³/mol. The Kier molecular flexibility index (Phi) is 10.7. The fraction of sp³-hybridized carbons (Fsp3) is 0.818. The summed E-state index contributed by atoms with van der Waals surface area (Å²) in [6.45, 7) is 9.97. The molecule has 0 bridgehead atoms. The van der Waals surface area contributed by atoms with Crippen molar-refractivity contribution < 1.29 is 14.6 Å². The van der Waals surface area contributed by atoms with Crippen LogP contribution >= 0.6 is 0 Å². The molecule has 1 N–H and O–H groups in total. The number of rotatable bonds is 14. The molecule has 0 saturated carbocycles. The number of ether oxygens (including phenoxy) is 1. The maximum Gasteiger partial charge on any atom is 0.329 e. The lowest BCUT2D eigenvalue weighted by molar-refractivity contribution is -0.152. The van der Waals surface area contributed by atoms with Gasteiger partial charge in [-0.1, -0.05) is 52.4 Å². The molecule has 0 saturated heterocycles. The molecule has 1 rings (SSSR count). The van der Waals surface area contributed by atoms with Crippen LogP contribution in [0.3, 0.4) is 0 Å². The summed E-state index contributed by atoms with van der Waals surface area (Å²) in [5.74, 6) is -0.243. The number of hydrogen-bond donors (Lipinski definition) is 1. The first kappa shape index (κ1) is 23.7. The van der Waals surface area contributed by atoms with Gasteiger partial charge in [0, 0.05) is 11.9 Å². The molecule has 2 atom stereocenters. The molecule has 27 heavy (non-hydrogen) atoms. The van der Waals surface area contributed by atoms with Crippen molar-refractivity contribution in [3.63, 3.8) is 0 Å². The van der Waals surface area contributed by atoms with E-state index < -0.39 is 11.6 Å². The number of aryl methyl sites for hydroxylation is 1. The highest BCUT2D eigenvalue weighted by Gasteiger charge is 2.31. The van der Waals surface area contributed by atoms with Crippen LogP contribution in [0.25, 0.3) is 0 Å². The molecule has 1 aromatic heterocycles. The van der Waals surface area contributed by atoms with Gasteiger partial charge in [0.05, 0.1) is 18.0 Å². The van der Waals surface area contributed by atoms with E-state index in [1.807, 2.05) is 25.3 Å². The van der Waals surface area contributed by atoms with E-state index in [1.165, 1.54) is 25.7 Å². The average Bonchev–Trinajstić information content (AvgIpc) is 3.00. The Labute approximate surface area is 165 Å². The van der Waals surface area contributed by atoms with E-state index in [4.69, 9.17) is 4.74 Å². The molecule has 1 heterocycles. The van der Waals surface area contributed by atoms with Crippen LogP contribution < -0.4 is 0 Å². The van der Waals surface area contributed by atoms with E-state index in [-0.39, 0.29) is 12.1 Å². The Morgan fingerprint density at radius 3 is 2.41 bits per heavy atom. The normalized spacial score (nSPS) is 14.9. The Hall–Kier alpha value is -1.36. The van der Waals surface area contributed by atoms with Gasteiger partial charge in [-0.2, -0.15) is 0 Å². The van der Waals surface area contributed by atoms with Gasteiger partial charge in [-0.3, -0.25) is 0 Å². The molecule has 0 aromatic carbocycles. The topological polar surface area (TPSA) is 64.3 Å². The van der Waals surface area contributed by atoms with E-state index in [9.17, 15) is 9.90 Å². The van der Waals surface area contributed by atoms with E-state index >= 15 is 0 Å². The molecule has 0 aliphatic heterocycles. The fourth-order valence-corrected chi connectivity index (χ4v) is 3.68. The molecule has 1 aromatic rings. The number of aromatic nitrogens is 2. The second-order valence-electron chi connectivity index (χ2n) is 8.12. The number of hydrogen-bond acceptors (Lipinski definition) is 4. The number of unbranched alkanes of at least 4 members (excludes halogenated alkanes) is 4. The van der Waals surface area contributed by atoms with Gasteiger partial charge in [0.15, 0.2) is 0 Å². The predicted octanol–water partition coefficient (Wildman–Crippen LogP) is 5.36. The van der Waals surface area contributed by atoms with Crippen LogP contribution in [0.1, 0.15) is 104 Å². The third-order valence-corrected chi connectivity index (χ3v) is 5.16. The van der Waals surface area contributed by atoms with Crippen LogP contribution in [0.5, 0.6) is 0 Å². The summed E-state index contributed by atoms with van der Waals surface area (Å²) in [5.41, 5.74) is 0.227. The maximum absolute atomic E-state index is 12.7. The lowest BCUT2D eigenvalue weighted by atomic mass is 9.85. The van der Waals surface area contributed by atoms with Crippen LogP contribution in [0, 0.1) is 6.92 Å². The van der Waals surface area contributed by atoms with Gasteiger partial charge in [0.2, 0.25) is 0 Å². The number of imidazole rings is 1. The first-order valence-corrected chi connectivity index (χ1v) is 10.7. The summed E-state index contributed by atoms with van der Waals surface area (Å²) < 4.78 is 7.35. The summed E-state index contributed by atoms with van der Waals surface area (Å²) in [5, 5.41) is 11.2. The van der Waals surface area contributed by atoms with E-state index in [0.717, 1.165) is 31.4 Å². The van der Waals surface area contributed by atoms with Crippen molar-refractivity contribution in [2.24, 2.45) is 0 Å². The van der Waals surface area contributed by atoms with Crippen molar-refractivity contribution in [1.82, 2.24) is 9.55 Å². The van der Waals surface area contributed by atoms with E-state index in [0.29, 0.717) is 12.8 Å². The van der Waals surface area contributed by atoms with Gasteiger partial charge in [-0.05, 0) is 46.5 Å². The summed E-state index contributed by atoms with van der Waals surface area (Å²) in [6.07, 6.45) is 12.9. The van der Waals surface area contributed by atoms with Gasteiger partial charge in [0.25, 0.3) is 0 Å². The van der Waals surface area contributed by atoms with Gasteiger partial charge in [-0.15, -0.1) is 0 Å². The van der Waals surface area contributed by atoms with Crippen LogP contribution in [0.15, 0.2) is 12.5 Å². The number of aliphatic hydroxyl groups is 1. The molecule has 5 heteroatoms. The smallest absolute Gasteiger partial charge is 0.329 e. The zero-order valence-electron chi connectivity index (χ0n) is 18.0. The molecular weight excluding hydrogens is 340 g/mol. The molecule has 0 spiro atoms. The van der Waals surface area contributed by atoms with E-state index in [1.54, 1.807) is 12.5 Å². The molecule has 5 nitrogen and oxygen atoms in total. The third-order valence-electron chi connectivity index (χ3n) is 5.16. The standard InChI is InChI=1S/C22H40N2O3/c1-6-8-9-10-11-14-22(26,13-7-2)15-12-20(21(25)27-18(3)4)24-17-23-16-19(24)5/h16-18,20,26H,6-15H2,1-5H3. The minimum atomic E-state index is -0.703. The van der Waals surface area contributed by atoms with Gasteiger partial charge >= 0.3 is 5.97 Å². The molecule has 0 aliphatic carbocycles. The largest absolute Gasteiger partial charge is 0.461 e. The molecule has 0 aliphatic rings. The van der Waals surface area contributed by atoms with Gasteiger partial charge < -0.3 is 14.4 Å². The fourth-order valence-electron chi connectivity index (χ4n) is 3.68. The summed E-state index contributed by atoms with van der Waals surface area (Å²) in [4.78, 5) is 16.8. The number of carbonyl (C=O) groups is 1. The number of esters is 1. The highest BCUT2D eigenvalue weighted by atomic mass is 16.5. The molecule has 2 unspecified atom stereocenters. The summed E-state index contributed by atoms with van der Waals surface area (Å²) in [7, 11) is 0. The van der Waals surface area contributed by atoms with Gasteiger partial charge in [-0.25, -0.2) is 9.78 Å².